The minimum atomic E-state index is -0.584. The first-order valence-corrected chi connectivity index (χ1v) is 5.63. The molecule has 0 aliphatic heterocycles. The van der Waals surface area contributed by atoms with Gasteiger partial charge in [-0.2, -0.15) is 0 Å². The van der Waals surface area contributed by atoms with E-state index < -0.39 is 5.97 Å². The van der Waals surface area contributed by atoms with Crippen LogP contribution in [0.1, 0.15) is 16.6 Å². The predicted octanol–water partition coefficient (Wildman–Crippen LogP) is 2.23. The summed E-state index contributed by atoms with van der Waals surface area (Å²) in [7, 11) is 0. The van der Waals surface area contributed by atoms with Crippen molar-refractivity contribution in [2.24, 2.45) is 0 Å². The van der Waals surface area contributed by atoms with Crippen molar-refractivity contribution in [3.63, 3.8) is 0 Å². The number of hydrogen-bond acceptors (Lipinski definition) is 6. The highest BCUT2D eigenvalue weighted by Crippen LogP contribution is 2.38. The minimum Gasteiger partial charge on any atom is -0.505 e. The van der Waals surface area contributed by atoms with Crippen molar-refractivity contribution < 1.29 is 14.6 Å². The molecule has 0 aliphatic rings. The van der Waals surface area contributed by atoms with Crippen LogP contribution in [0.5, 0.6) is 5.75 Å². The number of hydrogen-bond donors (Lipinski definition) is 1. The lowest BCUT2D eigenvalue weighted by Gasteiger charge is -1.98. The number of rotatable bonds is 2. The SMILES string of the molecule is CCOC(=O)c1sc2ncnc(Cl)c2c1O. The number of ether oxygens (including phenoxy) is 1. The second kappa shape index (κ2) is 4.23. The molecule has 2 aromatic heterocycles. The fourth-order valence-corrected chi connectivity index (χ4v) is 2.43. The van der Waals surface area contributed by atoms with E-state index in [1.807, 2.05) is 0 Å². The van der Waals surface area contributed by atoms with Crippen molar-refractivity contribution in [2.45, 2.75) is 6.92 Å². The highest BCUT2D eigenvalue weighted by atomic mass is 35.5. The lowest BCUT2D eigenvalue weighted by Crippen LogP contribution is -2.01. The molecule has 16 heavy (non-hydrogen) atoms. The molecule has 5 nitrogen and oxygen atoms in total. The van der Waals surface area contributed by atoms with Crippen molar-refractivity contribution in [1.82, 2.24) is 9.97 Å². The molecule has 84 valence electrons. The zero-order chi connectivity index (χ0) is 11.7. The summed E-state index contributed by atoms with van der Waals surface area (Å²) in [5.41, 5.74) is 0. The van der Waals surface area contributed by atoms with Gasteiger partial charge in [0.25, 0.3) is 0 Å². The van der Waals surface area contributed by atoms with Gasteiger partial charge in [-0.3, -0.25) is 0 Å². The Balaban J connectivity index is 2.61. The molecule has 0 saturated heterocycles. The number of aromatic hydroxyl groups is 1. The van der Waals surface area contributed by atoms with E-state index in [2.05, 4.69) is 9.97 Å². The van der Waals surface area contributed by atoms with Gasteiger partial charge in [0, 0.05) is 0 Å². The number of nitrogens with zero attached hydrogens (tertiary/aromatic N) is 2. The quantitative estimate of drug-likeness (QED) is 0.661. The van der Waals surface area contributed by atoms with Crippen molar-refractivity contribution in [3.05, 3.63) is 16.4 Å². The summed E-state index contributed by atoms with van der Waals surface area (Å²) in [6.45, 7) is 1.93. The van der Waals surface area contributed by atoms with Crippen molar-refractivity contribution >= 4 is 39.1 Å². The number of thiophene rings is 1. The summed E-state index contributed by atoms with van der Waals surface area (Å²) < 4.78 is 4.80. The molecular weight excluding hydrogens is 252 g/mol. The molecule has 2 heterocycles. The van der Waals surface area contributed by atoms with Crippen LogP contribution in [0.25, 0.3) is 10.2 Å². The molecule has 0 atom stereocenters. The summed E-state index contributed by atoms with van der Waals surface area (Å²) in [6.07, 6.45) is 1.27. The van der Waals surface area contributed by atoms with Gasteiger partial charge in [0.2, 0.25) is 0 Å². The van der Waals surface area contributed by atoms with E-state index in [4.69, 9.17) is 16.3 Å². The van der Waals surface area contributed by atoms with Gasteiger partial charge in [-0.05, 0) is 6.92 Å². The van der Waals surface area contributed by atoms with Crippen molar-refractivity contribution in [1.29, 1.82) is 0 Å². The lowest BCUT2D eigenvalue weighted by molar-refractivity contribution is 0.0529. The maximum Gasteiger partial charge on any atom is 0.352 e. The van der Waals surface area contributed by atoms with Gasteiger partial charge in [0.15, 0.2) is 10.6 Å². The van der Waals surface area contributed by atoms with Crippen LogP contribution in [0.2, 0.25) is 5.15 Å². The van der Waals surface area contributed by atoms with Crippen LogP contribution in [0.4, 0.5) is 0 Å². The zero-order valence-electron chi connectivity index (χ0n) is 8.23. The third-order valence-corrected chi connectivity index (χ3v) is 3.23. The molecule has 1 N–H and O–H groups in total. The Bertz CT molecular complexity index is 555. The summed E-state index contributed by atoms with van der Waals surface area (Å²) in [5.74, 6) is -0.803. The normalized spacial score (nSPS) is 10.6. The van der Waals surface area contributed by atoms with Gasteiger partial charge in [-0.15, -0.1) is 11.3 Å². The highest BCUT2D eigenvalue weighted by Gasteiger charge is 2.21. The van der Waals surface area contributed by atoms with Crippen LogP contribution in [-0.4, -0.2) is 27.7 Å². The number of carbonyl (C=O) groups excluding carboxylic acids is 1. The molecule has 0 radical (unpaired) electrons. The van der Waals surface area contributed by atoms with Crippen LogP contribution in [0, 0.1) is 0 Å². The van der Waals surface area contributed by atoms with Crippen molar-refractivity contribution in [2.75, 3.05) is 6.61 Å². The van der Waals surface area contributed by atoms with Gasteiger partial charge in [0.1, 0.15) is 16.3 Å². The smallest absolute Gasteiger partial charge is 0.352 e. The molecular formula is C9H7ClN2O3S. The first kappa shape index (κ1) is 11.1. The minimum absolute atomic E-state index is 0.0965. The highest BCUT2D eigenvalue weighted by molar-refractivity contribution is 7.20. The standard InChI is InChI=1S/C9H7ClN2O3S/c1-2-15-9(14)6-5(13)4-7(10)11-3-12-8(4)16-6/h3,13H,2H2,1H3. The van der Waals surface area contributed by atoms with Gasteiger partial charge >= 0.3 is 5.97 Å². The molecule has 2 rings (SSSR count). The van der Waals surface area contributed by atoms with Crippen LogP contribution in [0.15, 0.2) is 6.33 Å². The molecule has 0 amide bonds. The molecule has 0 unspecified atom stereocenters. The van der Waals surface area contributed by atoms with Crippen LogP contribution in [0.3, 0.4) is 0 Å². The summed E-state index contributed by atoms with van der Waals surface area (Å²) in [6, 6.07) is 0. The molecule has 0 fully saturated rings. The Kier molecular flexibility index (Phi) is 2.93. The molecule has 2 aromatic rings. The predicted molar refractivity (Wildman–Crippen MR) is 60.0 cm³/mol. The van der Waals surface area contributed by atoms with E-state index in [9.17, 15) is 9.90 Å². The third kappa shape index (κ3) is 1.70. The maximum absolute atomic E-state index is 11.5. The maximum atomic E-state index is 11.5. The number of fused-ring (bicyclic) bond motifs is 1. The zero-order valence-corrected chi connectivity index (χ0v) is 9.80. The molecule has 0 aliphatic carbocycles. The Morgan fingerprint density at radius 1 is 1.62 bits per heavy atom. The Hall–Kier alpha value is -1.40. The Morgan fingerprint density at radius 2 is 2.38 bits per heavy atom. The fraction of sp³-hybridized carbons (Fsp3) is 0.222. The summed E-state index contributed by atoms with van der Waals surface area (Å²) in [5, 5.41) is 10.2. The fourth-order valence-electron chi connectivity index (χ4n) is 1.22. The molecule has 7 heteroatoms. The topological polar surface area (TPSA) is 72.3 Å². The van der Waals surface area contributed by atoms with Crippen molar-refractivity contribution in [3.8, 4) is 5.75 Å². The second-order valence-corrected chi connectivity index (χ2v) is 4.20. The van der Waals surface area contributed by atoms with E-state index >= 15 is 0 Å². The molecule has 0 aromatic carbocycles. The largest absolute Gasteiger partial charge is 0.505 e. The van der Waals surface area contributed by atoms with E-state index in [1.54, 1.807) is 6.92 Å². The van der Waals surface area contributed by atoms with Crippen LogP contribution >= 0.6 is 22.9 Å². The number of esters is 1. The van der Waals surface area contributed by atoms with Gasteiger partial charge in [0.05, 0.1) is 12.0 Å². The Morgan fingerprint density at radius 3 is 3.00 bits per heavy atom. The van der Waals surface area contributed by atoms with E-state index in [0.29, 0.717) is 4.83 Å². The first-order valence-electron chi connectivity index (χ1n) is 4.44. The van der Waals surface area contributed by atoms with Crippen LogP contribution in [-0.2, 0) is 4.74 Å². The third-order valence-electron chi connectivity index (χ3n) is 1.88. The second-order valence-electron chi connectivity index (χ2n) is 2.84. The van der Waals surface area contributed by atoms with Gasteiger partial charge < -0.3 is 9.84 Å². The summed E-state index contributed by atoms with van der Waals surface area (Å²) >= 11 is 6.83. The van der Waals surface area contributed by atoms with Crippen LogP contribution < -0.4 is 0 Å². The molecule has 0 spiro atoms. The van der Waals surface area contributed by atoms with Gasteiger partial charge in [-0.25, -0.2) is 14.8 Å². The van der Waals surface area contributed by atoms with E-state index in [1.165, 1.54) is 6.33 Å². The number of halogens is 1. The molecule has 0 bridgehead atoms. The number of aromatic nitrogens is 2. The molecule has 0 saturated carbocycles. The Labute approximate surface area is 99.7 Å². The summed E-state index contributed by atoms with van der Waals surface area (Å²) in [4.78, 5) is 19.7. The van der Waals surface area contributed by atoms with E-state index in [-0.39, 0.29) is 27.8 Å². The number of carbonyl (C=O) groups is 1. The average molecular weight is 259 g/mol. The van der Waals surface area contributed by atoms with Gasteiger partial charge in [-0.1, -0.05) is 11.6 Å². The first-order chi connectivity index (χ1) is 7.65. The monoisotopic (exact) mass is 258 g/mol. The average Bonchev–Trinajstić information content (AvgIpc) is 2.58. The lowest BCUT2D eigenvalue weighted by atomic mass is 10.3. The van der Waals surface area contributed by atoms with E-state index in [0.717, 1.165) is 11.3 Å².